The molecule has 0 radical (unpaired) electrons. The van der Waals surface area contributed by atoms with Crippen LogP contribution >= 0.6 is 12.6 Å². The lowest BCUT2D eigenvalue weighted by Crippen LogP contribution is -2.10. The summed E-state index contributed by atoms with van der Waals surface area (Å²) in [7, 11) is 0. The van der Waals surface area contributed by atoms with Crippen LogP contribution in [-0.4, -0.2) is 16.6 Å². The van der Waals surface area contributed by atoms with Crippen LogP contribution in [0.4, 0.5) is 5.69 Å². The molecule has 1 aromatic rings. The van der Waals surface area contributed by atoms with Crippen LogP contribution in [0.1, 0.15) is 10.4 Å². The van der Waals surface area contributed by atoms with Gasteiger partial charge in [-0.3, -0.25) is 0 Å². The molecule has 1 unspecified atom stereocenters. The van der Waals surface area contributed by atoms with Gasteiger partial charge in [0.15, 0.2) is 0 Å². The summed E-state index contributed by atoms with van der Waals surface area (Å²) < 4.78 is 5.19. The molecule has 2 rings (SSSR count). The molecule has 5 heteroatoms. The third-order valence-corrected chi connectivity index (χ3v) is 1.98. The molecule has 13 heavy (non-hydrogen) atoms. The zero-order valence-corrected chi connectivity index (χ0v) is 7.41. The highest BCUT2D eigenvalue weighted by Crippen LogP contribution is 2.33. The standard InChI is InChI=1S/C8H7NO3S/c10-7(11)4-1-2-5-6(3-4)12-8(13)9-5/h1-3,8-9,13H,(H,10,11). The van der Waals surface area contributed by atoms with Crippen molar-refractivity contribution in [2.45, 2.75) is 5.56 Å². The average molecular weight is 197 g/mol. The van der Waals surface area contributed by atoms with Gasteiger partial charge in [0.25, 0.3) is 0 Å². The topological polar surface area (TPSA) is 58.6 Å². The van der Waals surface area contributed by atoms with Gasteiger partial charge in [-0.05, 0) is 18.2 Å². The highest BCUT2D eigenvalue weighted by Gasteiger charge is 2.19. The summed E-state index contributed by atoms with van der Waals surface area (Å²) in [6.07, 6.45) is 0. The molecule has 4 nitrogen and oxygen atoms in total. The van der Waals surface area contributed by atoms with Crippen molar-refractivity contribution < 1.29 is 14.6 Å². The van der Waals surface area contributed by atoms with Crippen molar-refractivity contribution in [3.63, 3.8) is 0 Å². The molecular weight excluding hydrogens is 190 g/mol. The molecule has 1 aliphatic rings. The molecule has 1 aromatic carbocycles. The normalized spacial score (nSPS) is 18.7. The highest BCUT2D eigenvalue weighted by molar-refractivity contribution is 7.80. The largest absolute Gasteiger partial charge is 0.478 e. The van der Waals surface area contributed by atoms with Gasteiger partial charge in [0, 0.05) is 0 Å². The van der Waals surface area contributed by atoms with E-state index in [1.54, 1.807) is 6.07 Å². The Morgan fingerprint density at radius 2 is 2.38 bits per heavy atom. The second kappa shape index (κ2) is 2.85. The van der Waals surface area contributed by atoms with Crippen LogP contribution < -0.4 is 10.1 Å². The van der Waals surface area contributed by atoms with E-state index in [-0.39, 0.29) is 11.1 Å². The van der Waals surface area contributed by atoms with E-state index < -0.39 is 5.97 Å². The van der Waals surface area contributed by atoms with E-state index in [9.17, 15) is 4.79 Å². The van der Waals surface area contributed by atoms with Crippen LogP contribution in [0.5, 0.6) is 5.75 Å². The van der Waals surface area contributed by atoms with Crippen molar-refractivity contribution in [3.8, 4) is 5.75 Å². The molecule has 0 saturated carbocycles. The molecule has 0 bridgehead atoms. The minimum Gasteiger partial charge on any atom is -0.478 e. The molecule has 68 valence electrons. The summed E-state index contributed by atoms with van der Waals surface area (Å²) in [5, 5.41) is 11.6. The van der Waals surface area contributed by atoms with Gasteiger partial charge < -0.3 is 15.2 Å². The minimum absolute atomic E-state index is 0.211. The maximum atomic E-state index is 10.6. The number of anilines is 1. The zero-order valence-electron chi connectivity index (χ0n) is 6.52. The lowest BCUT2D eigenvalue weighted by Gasteiger charge is -2.00. The molecule has 0 aliphatic carbocycles. The molecule has 2 N–H and O–H groups in total. The Morgan fingerprint density at radius 3 is 3.08 bits per heavy atom. The van der Waals surface area contributed by atoms with Gasteiger partial charge >= 0.3 is 5.97 Å². The van der Waals surface area contributed by atoms with Crippen molar-refractivity contribution in [2.24, 2.45) is 0 Å². The van der Waals surface area contributed by atoms with E-state index in [0.717, 1.165) is 5.69 Å². The summed E-state index contributed by atoms with van der Waals surface area (Å²) in [6.45, 7) is 0. The first-order valence-electron chi connectivity index (χ1n) is 3.65. The fourth-order valence-electron chi connectivity index (χ4n) is 1.15. The number of benzene rings is 1. The molecule has 0 spiro atoms. The van der Waals surface area contributed by atoms with Crippen LogP contribution in [0.3, 0.4) is 0 Å². The molecule has 0 aromatic heterocycles. The van der Waals surface area contributed by atoms with Crippen LogP contribution in [0, 0.1) is 0 Å². The number of aromatic carboxylic acids is 1. The molecule has 1 aliphatic heterocycles. The number of fused-ring (bicyclic) bond motifs is 1. The summed E-state index contributed by atoms with van der Waals surface area (Å²) in [4.78, 5) is 10.6. The van der Waals surface area contributed by atoms with E-state index >= 15 is 0 Å². The van der Waals surface area contributed by atoms with Gasteiger partial charge in [0.1, 0.15) is 5.75 Å². The lowest BCUT2D eigenvalue weighted by molar-refractivity contribution is 0.0696. The first kappa shape index (κ1) is 8.25. The number of nitrogens with one attached hydrogen (secondary N) is 1. The number of hydrogen-bond donors (Lipinski definition) is 3. The van der Waals surface area contributed by atoms with Crippen molar-refractivity contribution >= 4 is 24.3 Å². The van der Waals surface area contributed by atoms with Crippen molar-refractivity contribution in [3.05, 3.63) is 23.8 Å². The van der Waals surface area contributed by atoms with Gasteiger partial charge in [0.2, 0.25) is 5.56 Å². The maximum Gasteiger partial charge on any atom is 0.335 e. The van der Waals surface area contributed by atoms with Crippen molar-refractivity contribution in [1.82, 2.24) is 0 Å². The molecule has 1 atom stereocenters. The summed E-state index contributed by atoms with van der Waals surface area (Å²) >= 11 is 4.04. The summed E-state index contributed by atoms with van der Waals surface area (Å²) in [6, 6.07) is 4.65. The Labute approximate surface area is 79.9 Å². The first-order chi connectivity index (χ1) is 6.16. The fraction of sp³-hybridized carbons (Fsp3) is 0.125. The zero-order chi connectivity index (χ0) is 9.42. The van der Waals surface area contributed by atoms with Gasteiger partial charge in [-0.25, -0.2) is 4.79 Å². The SMILES string of the molecule is O=C(O)c1ccc2c(c1)OC(S)N2. The van der Waals surface area contributed by atoms with Crippen molar-refractivity contribution in [1.29, 1.82) is 0 Å². The minimum atomic E-state index is -0.964. The molecule has 0 amide bonds. The third-order valence-electron chi connectivity index (χ3n) is 1.75. The Hall–Kier alpha value is -1.36. The van der Waals surface area contributed by atoms with Crippen LogP contribution in [0.25, 0.3) is 0 Å². The third kappa shape index (κ3) is 1.42. The smallest absolute Gasteiger partial charge is 0.335 e. The Bertz CT molecular complexity index is 366. The monoisotopic (exact) mass is 197 g/mol. The number of thiol groups is 1. The first-order valence-corrected chi connectivity index (χ1v) is 4.17. The number of ether oxygens (including phenoxy) is 1. The number of carbonyl (C=O) groups is 1. The number of carboxylic acids is 1. The molecule has 0 fully saturated rings. The molecule has 0 saturated heterocycles. The van der Waals surface area contributed by atoms with E-state index in [0.29, 0.717) is 5.75 Å². The second-order valence-corrected chi connectivity index (χ2v) is 3.10. The Balaban J connectivity index is 2.40. The molecule has 1 heterocycles. The van der Waals surface area contributed by atoms with Gasteiger partial charge in [-0.1, -0.05) is 0 Å². The van der Waals surface area contributed by atoms with Crippen LogP contribution in [0.15, 0.2) is 18.2 Å². The van der Waals surface area contributed by atoms with E-state index in [4.69, 9.17) is 9.84 Å². The van der Waals surface area contributed by atoms with Gasteiger partial charge in [0.05, 0.1) is 11.3 Å². The highest BCUT2D eigenvalue weighted by atomic mass is 32.1. The van der Waals surface area contributed by atoms with E-state index in [1.165, 1.54) is 12.1 Å². The predicted molar refractivity (Wildman–Crippen MR) is 50.4 cm³/mol. The lowest BCUT2D eigenvalue weighted by atomic mass is 10.2. The fourth-order valence-corrected chi connectivity index (χ4v) is 1.41. The van der Waals surface area contributed by atoms with Crippen molar-refractivity contribution in [2.75, 3.05) is 5.32 Å². The maximum absolute atomic E-state index is 10.6. The average Bonchev–Trinajstić information content (AvgIpc) is 2.42. The number of hydrogen-bond acceptors (Lipinski definition) is 4. The predicted octanol–water partition coefficient (Wildman–Crippen LogP) is 1.40. The van der Waals surface area contributed by atoms with Crippen LogP contribution in [0.2, 0.25) is 0 Å². The second-order valence-electron chi connectivity index (χ2n) is 2.63. The molecular formula is C8H7NO3S. The Morgan fingerprint density at radius 1 is 1.62 bits per heavy atom. The summed E-state index contributed by atoms with van der Waals surface area (Å²) in [5.41, 5.74) is 0.590. The number of rotatable bonds is 1. The van der Waals surface area contributed by atoms with Gasteiger partial charge in [-0.2, -0.15) is 0 Å². The number of carboxylic acid groups (broad SMARTS) is 1. The Kier molecular flexibility index (Phi) is 1.81. The van der Waals surface area contributed by atoms with Gasteiger partial charge in [-0.15, -0.1) is 12.6 Å². The quantitative estimate of drug-likeness (QED) is 0.596. The summed E-state index contributed by atoms with van der Waals surface area (Å²) in [5.74, 6) is -0.436. The van der Waals surface area contributed by atoms with E-state index in [1.807, 2.05) is 0 Å². The van der Waals surface area contributed by atoms with E-state index in [2.05, 4.69) is 17.9 Å². The van der Waals surface area contributed by atoms with Crippen LogP contribution in [-0.2, 0) is 0 Å².